The minimum Gasteiger partial charge on any atom is -0.495 e. The van der Waals surface area contributed by atoms with Crippen molar-refractivity contribution in [1.29, 1.82) is 0 Å². The van der Waals surface area contributed by atoms with Gasteiger partial charge in [-0.25, -0.2) is 8.42 Å². The Morgan fingerprint density at radius 3 is 2.50 bits per heavy atom. The molecule has 2 rings (SSSR count). The van der Waals surface area contributed by atoms with E-state index in [4.69, 9.17) is 16.3 Å². The van der Waals surface area contributed by atoms with Gasteiger partial charge in [0.15, 0.2) is 0 Å². The highest BCUT2D eigenvalue weighted by Gasteiger charge is 2.21. The van der Waals surface area contributed by atoms with Crippen molar-refractivity contribution in [3.8, 4) is 5.75 Å². The number of sulfonamides is 1. The third kappa shape index (κ3) is 3.08. The largest absolute Gasteiger partial charge is 0.495 e. The van der Waals surface area contributed by atoms with E-state index < -0.39 is 10.0 Å². The van der Waals surface area contributed by atoms with Crippen molar-refractivity contribution in [2.75, 3.05) is 11.8 Å². The molecule has 4 nitrogen and oxygen atoms in total. The van der Waals surface area contributed by atoms with Gasteiger partial charge in [0.1, 0.15) is 15.6 Å². The lowest BCUT2D eigenvalue weighted by molar-refractivity contribution is 0.403. The van der Waals surface area contributed by atoms with E-state index in [1.165, 1.54) is 30.6 Å². The summed E-state index contributed by atoms with van der Waals surface area (Å²) in [6.07, 6.45) is 0. The highest BCUT2D eigenvalue weighted by atomic mass is 35.5. The molecule has 0 saturated heterocycles. The minimum absolute atomic E-state index is 0.0243. The molecule has 2 aromatic rings. The van der Waals surface area contributed by atoms with E-state index >= 15 is 0 Å². The summed E-state index contributed by atoms with van der Waals surface area (Å²) in [5.74, 6) is 0.256. The number of hydrogen-bond acceptors (Lipinski definition) is 4. The fourth-order valence-electron chi connectivity index (χ4n) is 1.67. The predicted molar refractivity (Wildman–Crippen MR) is 82.6 cm³/mol. The molecular weight excluding hydrogens is 318 g/mol. The molecule has 0 spiro atoms. The quantitative estimate of drug-likeness (QED) is 0.926. The summed E-state index contributed by atoms with van der Waals surface area (Å²) in [6.45, 7) is 3.88. The van der Waals surface area contributed by atoms with Gasteiger partial charge in [-0.2, -0.15) is 0 Å². The molecule has 7 heteroatoms. The zero-order chi connectivity index (χ0) is 14.9. The van der Waals surface area contributed by atoms with Crippen LogP contribution in [0.4, 0.5) is 5.00 Å². The number of ether oxygens (including phenoxy) is 1. The molecule has 20 heavy (non-hydrogen) atoms. The molecule has 0 aliphatic carbocycles. The standard InChI is InChI=1S/C13H14ClNO3S2/c1-8-6-13(19-9(8)2)15-20(16,17)12-7-10(14)4-5-11(12)18-3/h4-7,15H,1-3H3. The molecule has 108 valence electrons. The topological polar surface area (TPSA) is 55.4 Å². The molecule has 0 amide bonds. The van der Waals surface area contributed by atoms with E-state index in [-0.39, 0.29) is 10.6 Å². The van der Waals surface area contributed by atoms with Crippen LogP contribution < -0.4 is 9.46 Å². The third-order valence-electron chi connectivity index (χ3n) is 2.82. The zero-order valence-electron chi connectivity index (χ0n) is 11.2. The molecule has 0 atom stereocenters. The summed E-state index contributed by atoms with van der Waals surface area (Å²) < 4.78 is 32.5. The van der Waals surface area contributed by atoms with Crippen LogP contribution in [-0.2, 0) is 10.0 Å². The Bertz CT molecular complexity index is 719. The van der Waals surface area contributed by atoms with Crippen LogP contribution in [0.2, 0.25) is 5.02 Å². The molecule has 0 aliphatic rings. The van der Waals surface area contributed by atoms with Crippen molar-refractivity contribution in [1.82, 2.24) is 0 Å². The van der Waals surface area contributed by atoms with Crippen LogP contribution in [0.5, 0.6) is 5.75 Å². The average Bonchev–Trinajstić information content (AvgIpc) is 2.67. The second-order valence-electron chi connectivity index (χ2n) is 4.25. The highest BCUT2D eigenvalue weighted by molar-refractivity contribution is 7.93. The Morgan fingerprint density at radius 2 is 1.95 bits per heavy atom. The van der Waals surface area contributed by atoms with E-state index in [0.717, 1.165) is 10.4 Å². The maximum Gasteiger partial charge on any atom is 0.266 e. The van der Waals surface area contributed by atoms with Crippen molar-refractivity contribution in [2.24, 2.45) is 0 Å². The number of halogens is 1. The summed E-state index contributed by atoms with van der Waals surface area (Å²) in [5, 5.41) is 0.909. The Kier molecular flexibility index (Phi) is 4.27. The second kappa shape index (κ2) is 5.63. The number of benzene rings is 1. The highest BCUT2D eigenvalue weighted by Crippen LogP contribution is 2.31. The SMILES string of the molecule is COc1ccc(Cl)cc1S(=O)(=O)Nc1cc(C)c(C)s1. The van der Waals surface area contributed by atoms with E-state index in [9.17, 15) is 8.42 Å². The van der Waals surface area contributed by atoms with Gasteiger partial charge in [0.2, 0.25) is 0 Å². The molecule has 0 radical (unpaired) electrons. The molecule has 0 saturated carbocycles. The van der Waals surface area contributed by atoms with Gasteiger partial charge in [-0.3, -0.25) is 4.72 Å². The van der Waals surface area contributed by atoms with Crippen LogP contribution in [-0.4, -0.2) is 15.5 Å². The van der Waals surface area contributed by atoms with Gasteiger partial charge in [-0.1, -0.05) is 11.6 Å². The molecular formula is C13H14ClNO3S2. The fourth-order valence-corrected chi connectivity index (χ4v) is 4.32. The Morgan fingerprint density at radius 1 is 1.25 bits per heavy atom. The van der Waals surface area contributed by atoms with Gasteiger partial charge in [-0.15, -0.1) is 11.3 Å². The Hall–Kier alpha value is -1.24. The van der Waals surface area contributed by atoms with Crippen molar-refractivity contribution in [3.63, 3.8) is 0 Å². The number of aryl methyl sites for hydroxylation is 2. The lowest BCUT2D eigenvalue weighted by Gasteiger charge is -2.10. The normalized spacial score (nSPS) is 11.4. The van der Waals surface area contributed by atoms with E-state index in [1.54, 1.807) is 12.1 Å². The lowest BCUT2D eigenvalue weighted by Crippen LogP contribution is -2.13. The summed E-state index contributed by atoms with van der Waals surface area (Å²) in [5.41, 5.74) is 1.05. The number of rotatable bonds is 4. The molecule has 1 heterocycles. The van der Waals surface area contributed by atoms with Crippen LogP contribution in [0.3, 0.4) is 0 Å². The van der Waals surface area contributed by atoms with Crippen LogP contribution in [0.1, 0.15) is 10.4 Å². The van der Waals surface area contributed by atoms with Gasteiger partial charge in [0.05, 0.1) is 7.11 Å². The monoisotopic (exact) mass is 331 g/mol. The van der Waals surface area contributed by atoms with Crippen molar-refractivity contribution in [3.05, 3.63) is 39.7 Å². The number of hydrogen-bond donors (Lipinski definition) is 1. The van der Waals surface area contributed by atoms with Crippen LogP contribution in [0, 0.1) is 13.8 Å². The number of thiophene rings is 1. The molecule has 1 N–H and O–H groups in total. The first-order valence-electron chi connectivity index (χ1n) is 5.77. The number of nitrogens with one attached hydrogen (secondary N) is 1. The molecule has 0 unspecified atom stereocenters. The first-order valence-corrected chi connectivity index (χ1v) is 8.44. The minimum atomic E-state index is -3.73. The fraction of sp³-hybridized carbons (Fsp3) is 0.231. The maximum absolute atomic E-state index is 12.4. The first-order chi connectivity index (χ1) is 9.33. The lowest BCUT2D eigenvalue weighted by atomic mass is 10.3. The van der Waals surface area contributed by atoms with Gasteiger partial charge in [0, 0.05) is 9.90 Å². The van der Waals surface area contributed by atoms with Gasteiger partial charge >= 0.3 is 0 Å². The maximum atomic E-state index is 12.4. The van der Waals surface area contributed by atoms with Gasteiger partial charge in [0.25, 0.3) is 10.0 Å². The van der Waals surface area contributed by atoms with Crippen molar-refractivity contribution in [2.45, 2.75) is 18.7 Å². The Balaban J connectivity index is 2.42. The summed E-state index contributed by atoms with van der Waals surface area (Å²) >= 11 is 7.26. The summed E-state index contributed by atoms with van der Waals surface area (Å²) in [7, 11) is -2.31. The summed E-state index contributed by atoms with van der Waals surface area (Å²) in [6, 6.07) is 6.28. The van der Waals surface area contributed by atoms with Crippen molar-refractivity contribution >= 4 is 38.0 Å². The van der Waals surface area contributed by atoms with E-state index in [0.29, 0.717) is 10.0 Å². The van der Waals surface area contributed by atoms with E-state index in [2.05, 4.69) is 4.72 Å². The molecule has 0 fully saturated rings. The smallest absolute Gasteiger partial charge is 0.266 e. The van der Waals surface area contributed by atoms with Crippen molar-refractivity contribution < 1.29 is 13.2 Å². The van der Waals surface area contributed by atoms with Crippen LogP contribution >= 0.6 is 22.9 Å². The summed E-state index contributed by atoms with van der Waals surface area (Å²) in [4.78, 5) is 1.09. The number of anilines is 1. The predicted octanol–water partition coefficient (Wildman–Crippen LogP) is 3.83. The Labute approximate surface area is 127 Å². The molecule has 0 aliphatic heterocycles. The van der Waals surface area contributed by atoms with Gasteiger partial charge < -0.3 is 4.74 Å². The third-order valence-corrected chi connectivity index (χ3v) is 5.64. The zero-order valence-corrected chi connectivity index (χ0v) is 13.6. The van der Waals surface area contributed by atoms with Crippen LogP contribution in [0.25, 0.3) is 0 Å². The number of methoxy groups -OCH3 is 1. The molecule has 1 aromatic carbocycles. The average molecular weight is 332 g/mol. The first kappa shape index (κ1) is 15.2. The molecule has 1 aromatic heterocycles. The molecule has 0 bridgehead atoms. The van der Waals surface area contributed by atoms with E-state index in [1.807, 2.05) is 13.8 Å². The second-order valence-corrected chi connectivity index (χ2v) is 7.59. The van der Waals surface area contributed by atoms with Gasteiger partial charge in [-0.05, 0) is 43.7 Å². The van der Waals surface area contributed by atoms with Crippen LogP contribution in [0.15, 0.2) is 29.2 Å².